The molecule has 3 N–H and O–H groups in total. The molecule has 0 bridgehead atoms. The van der Waals surface area contributed by atoms with E-state index in [9.17, 15) is 8.78 Å². The van der Waals surface area contributed by atoms with E-state index in [0.29, 0.717) is 0 Å². The lowest BCUT2D eigenvalue weighted by Gasteiger charge is -2.29. The average Bonchev–Trinajstić information content (AvgIpc) is 2.35. The molecule has 1 aromatic rings. The van der Waals surface area contributed by atoms with E-state index in [0.717, 1.165) is 17.3 Å². The average molecular weight is 276 g/mol. The van der Waals surface area contributed by atoms with Gasteiger partial charge in [-0.3, -0.25) is 11.3 Å². The Morgan fingerprint density at radius 2 is 2.00 bits per heavy atom. The lowest BCUT2D eigenvalue weighted by Crippen LogP contribution is -2.38. The van der Waals surface area contributed by atoms with Gasteiger partial charge in [-0.1, -0.05) is 6.07 Å². The van der Waals surface area contributed by atoms with Crippen LogP contribution < -0.4 is 11.3 Å². The van der Waals surface area contributed by atoms with Crippen LogP contribution in [-0.4, -0.2) is 22.5 Å². The Morgan fingerprint density at radius 1 is 1.29 bits per heavy atom. The Bertz CT molecular complexity index is 363. The van der Waals surface area contributed by atoms with Crippen molar-refractivity contribution in [1.29, 1.82) is 0 Å². The molecule has 2 rings (SSSR count). The maximum atomic E-state index is 13.7. The van der Waals surface area contributed by atoms with Gasteiger partial charge in [-0.2, -0.15) is 23.5 Å². The SMILES string of the molecule is NNC(c1c(F)cccc1F)C1CSCCS1. The van der Waals surface area contributed by atoms with Crippen LogP contribution in [0.4, 0.5) is 8.78 Å². The summed E-state index contributed by atoms with van der Waals surface area (Å²) in [4.78, 5) is 0. The lowest BCUT2D eigenvalue weighted by atomic mass is 10.0. The van der Waals surface area contributed by atoms with Crippen LogP contribution in [0.5, 0.6) is 0 Å². The highest BCUT2D eigenvalue weighted by molar-refractivity contribution is 8.06. The number of hydrogen-bond acceptors (Lipinski definition) is 4. The summed E-state index contributed by atoms with van der Waals surface area (Å²) in [6.07, 6.45) is 0. The topological polar surface area (TPSA) is 38.0 Å². The van der Waals surface area contributed by atoms with Crippen molar-refractivity contribution < 1.29 is 8.78 Å². The van der Waals surface area contributed by atoms with Gasteiger partial charge in [0.1, 0.15) is 11.6 Å². The van der Waals surface area contributed by atoms with E-state index < -0.39 is 17.7 Å². The molecule has 6 heteroatoms. The third-order valence-electron chi connectivity index (χ3n) is 2.70. The van der Waals surface area contributed by atoms with Crippen LogP contribution in [0.25, 0.3) is 0 Å². The summed E-state index contributed by atoms with van der Waals surface area (Å²) in [5, 5.41) is 0.102. The summed E-state index contributed by atoms with van der Waals surface area (Å²) in [5.41, 5.74) is 2.61. The van der Waals surface area contributed by atoms with Crippen molar-refractivity contribution in [3.63, 3.8) is 0 Å². The highest BCUT2D eigenvalue weighted by atomic mass is 32.2. The fourth-order valence-corrected chi connectivity index (χ4v) is 4.71. The Morgan fingerprint density at radius 3 is 2.53 bits per heavy atom. The molecule has 0 aromatic heterocycles. The first-order chi connectivity index (χ1) is 8.24. The molecule has 0 saturated carbocycles. The van der Waals surface area contributed by atoms with Crippen LogP contribution in [-0.2, 0) is 0 Å². The second-order valence-corrected chi connectivity index (χ2v) is 6.26. The Balaban J connectivity index is 2.27. The molecule has 1 saturated heterocycles. The van der Waals surface area contributed by atoms with Crippen molar-refractivity contribution in [1.82, 2.24) is 5.43 Å². The standard InChI is InChI=1S/C11H14F2N2S2/c12-7-2-1-3-8(13)10(7)11(15-14)9-6-16-4-5-17-9/h1-3,9,11,15H,4-6,14H2. The van der Waals surface area contributed by atoms with Crippen LogP contribution >= 0.6 is 23.5 Å². The first kappa shape index (κ1) is 13.1. The molecule has 94 valence electrons. The highest BCUT2D eigenvalue weighted by Gasteiger charge is 2.29. The second-order valence-electron chi connectivity index (χ2n) is 3.76. The van der Waals surface area contributed by atoms with Gasteiger partial charge in [-0.15, -0.1) is 0 Å². The molecule has 0 amide bonds. The van der Waals surface area contributed by atoms with Crippen molar-refractivity contribution in [2.45, 2.75) is 11.3 Å². The maximum absolute atomic E-state index is 13.7. The van der Waals surface area contributed by atoms with E-state index in [1.165, 1.54) is 18.2 Å². The van der Waals surface area contributed by atoms with Crippen molar-refractivity contribution in [2.75, 3.05) is 17.3 Å². The molecule has 2 nitrogen and oxygen atoms in total. The molecule has 2 unspecified atom stereocenters. The number of hydrogen-bond donors (Lipinski definition) is 2. The Kier molecular flexibility index (Phi) is 4.67. The number of hydrazine groups is 1. The zero-order valence-corrected chi connectivity index (χ0v) is 10.8. The molecule has 0 aliphatic carbocycles. The smallest absolute Gasteiger partial charge is 0.131 e. The molecule has 0 spiro atoms. The molecule has 1 aliphatic rings. The first-order valence-corrected chi connectivity index (χ1v) is 7.53. The third kappa shape index (κ3) is 2.93. The monoisotopic (exact) mass is 276 g/mol. The van der Waals surface area contributed by atoms with Crippen LogP contribution in [0.3, 0.4) is 0 Å². The van der Waals surface area contributed by atoms with Crippen LogP contribution in [0.1, 0.15) is 11.6 Å². The van der Waals surface area contributed by atoms with E-state index in [1.54, 1.807) is 23.5 Å². The van der Waals surface area contributed by atoms with Gasteiger partial charge in [-0.05, 0) is 12.1 Å². The fourth-order valence-electron chi connectivity index (χ4n) is 1.88. The number of benzene rings is 1. The predicted molar refractivity (Wildman–Crippen MR) is 70.0 cm³/mol. The van der Waals surface area contributed by atoms with E-state index in [2.05, 4.69) is 5.43 Å². The zero-order valence-electron chi connectivity index (χ0n) is 9.16. The molecule has 1 aliphatic heterocycles. The lowest BCUT2D eigenvalue weighted by molar-refractivity contribution is 0.474. The summed E-state index contributed by atoms with van der Waals surface area (Å²) in [7, 11) is 0. The van der Waals surface area contributed by atoms with E-state index in [1.807, 2.05) is 0 Å². The zero-order chi connectivity index (χ0) is 12.3. The maximum Gasteiger partial charge on any atom is 0.131 e. The first-order valence-electron chi connectivity index (χ1n) is 5.33. The molecular formula is C11H14F2N2S2. The van der Waals surface area contributed by atoms with E-state index in [-0.39, 0.29) is 10.8 Å². The second kappa shape index (κ2) is 6.04. The van der Waals surface area contributed by atoms with Gasteiger partial charge < -0.3 is 0 Å². The van der Waals surface area contributed by atoms with Gasteiger partial charge >= 0.3 is 0 Å². The van der Waals surface area contributed by atoms with Gasteiger partial charge in [0.25, 0.3) is 0 Å². The van der Waals surface area contributed by atoms with Crippen LogP contribution in [0, 0.1) is 11.6 Å². The predicted octanol–water partition coefficient (Wildman–Crippen LogP) is 2.32. The fraction of sp³-hybridized carbons (Fsp3) is 0.455. The molecule has 1 heterocycles. The minimum absolute atomic E-state index is 0.0509. The van der Waals surface area contributed by atoms with E-state index in [4.69, 9.17) is 5.84 Å². The van der Waals surface area contributed by atoms with Crippen molar-refractivity contribution >= 4 is 23.5 Å². The summed E-state index contributed by atoms with van der Waals surface area (Å²) < 4.78 is 27.4. The van der Waals surface area contributed by atoms with Crippen LogP contribution in [0.15, 0.2) is 18.2 Å². The Labute approximate surface area is 108 Å². The Hall–Kier alpha value is -0.300. The molecule has 0 radical (unpaired) electrons. The van der Waals surface area contributed by atoms with Gasteiger partial charge in [0.15, 0.2) is 0 Å². The molecule has 17 heavy (non-hydrogen) atoms. The van der Waals surface area contributed by atoms with Gasteiger partial charge in [0.05, 0.1) is 6.04 Å². The summed E-state index contributed by atoms with van der Waals surface area (Å²) in [6.45, 7) is 0. The number of thioether (sulfide) groups is 2. The molecule has 2 atom stereocenters. The number of halogens is 2. The number of nitrogens with one attached hydrogen (secondary N) is 1. The molecular weight excluding hydrogens is 262 g/mol. The number of nitrogens with two attached hydrogens (primary N) is 1. The summed E-state index contributed by atoms with van der Waals surface area (Å²) >= 11 is 3.50. The largest absolute Gasteiger partial charge is 0.271 e. The van der Waals surface area contributed by atoms with Crippen LogP contribution in [0.2, 0.25) is 0 Å². The van der Waals surface area contributed by atoms with Gasteiger partial charge in [0, 0.05) is 28.1 Å². The minimum Gasteiger partial charge on any atom is -0.271 e. The third-order valence-corrected chi connectivity index (χ3v) is 5.57. The molecule has 1 fully saturated rings. The van der Waals surface area contributed by atoms with E-state index >= 15 is 0 Å². The van der Waals surface area contributed by atoms with Crippen molar-refractivity contribution in [2.24, 2.45) is 5.84 Å². The van der Waals surface area contributed by atoms with Gasteiger partial charge in [0.2, 0.25) is 0 Å². The number of rotatable bonds is 3. The molecule has 1 aromatic carbocycles. The highest BCUT2D eigenvalue weighted by Crippen LogP contribution is 2.35. The quantitative estimate of drug-likeness (QED) is 0.656. The normalized spacial score (nSPS) is 22.4. The summed E-state index contributed by atoms with van der Waals surface area (Å²) in [6, 6.07) is 3.42. The minimum atomic E-state index is -0.538. The van der Waals surface area contributed by atoms with Crippen molar-refractivity contribution in [3.05, 3.63) is 35.4 Å². The summed E-state index contributed by atoms with van der Waals surface area (Å²) in [5.74, 6) is 7.32. The van der Waals surface area contributed by atoms with Gasteiger partial charge in [-0.25, -0.2) is 8.78 Å². The van der Waals surface area contributed by atoms with Crippen molar-refractivity contribution in [3.8, 4) is 0 Å².